The van der Waals surface area contributed by atoms with Gasteiger partial charge in [-0.3, -0.25) is 9.59 Å². The van der Waals surface area contributed by atoms with E-state index >= 15 is 0 Å². The van der Waals surface area contributed by atoms with Crippen LogP contribution in [0, 0.1) is 35.5 Å². The molecule has 4 rings (SSSR count). The van der Waals surface area contributed by atoms with Crippen molar-refractivity contribution in [2.45, 2.75) is 123 Å². The number of carbonyl (C=O) groups is 2. The van der Waals surface area contributed by atoms with E-state index in [2.05, 4.69) is 18.7 Å². The summed E-state index contributed by atoms with van der Waals surface area (Å²) in [6.07, 6.45) is 3.32. The minimum Gasteiger partial charge on any atom is -0.493 e. The highest BCUT2D eigenvalue weighted by Gasteiger charge is 2.47. The second-order valence-electron chi connectivity index (χ2n) is 16.6. The molecule has 1 aromatic carbocycles. The predicted molar refractivity (Wildman–Crippen MR) is 209 cm³/mol. The van der Waals surface area contributed by atoms with E-state index in [1.807, 2.05) is 63.3 Å². The smallest absolute Gasteiger partial charge is 0.308 e. The number of cyclic esters (lactones) is 1. The Labute approximate surface area is 323 Å². The SMILES string of the molecule is CC[C@H]1OC(=O)C[C@@H](O)[C@H](C)[C@@H](OC2OC(C)C(O)C(N(C)C)C2O)[C@@H](CCN2CC(C)CC(C)C2)C[C@@H](C)C(=O)/C=C/C=C/[C@@H]1COc1ccccc1. The van der Waals surface area contributed by atoms with Crippen LogP contribution >= 0.6 is 0 Å². The van der Waals surface area contributed by atoms with Crippen LogP contribution < -0.4 is 4.74 Å². The van der Waals surface area contributed by atoms with Gasteiger partial charge in [0.25, 0.3) is 0 Å². The van der Waals surface area contributed by atoms with Crippen LogP contribution in [-0.2, 0) is 23.8 Å². The molecule has 0 spiro atoms. The minimum absolute atomic E-state index is 0.0298. The van der Waals surface area contributed by atoms with Gasteiger partial charge in [0.05, 0.1) is 43.5 Å². The van der Waals surface area contributed by atoms with Crippen molar-refractivity contribution in [1.82, 2.24) is 9.80 Å². The van der Waals surface area contributed by atoms with Crippen molar-refractivity contribution in [1.29, 1.82) is 0 Å². The number of hydrogen-bond donors (Lipinski definition) is 3. The standard InChI is InChI=1S/C43H68N2O9/c1-9-37-33(26-51-34-16-11-10-12-17-34)15-13-14-18-35(46)29(4)22-32(19-20-45-24-27(2)21-28(3)25-45)42(30(5)36(47)23-38(48)53-37)54-43-41(50)39(44(7)8)40(49)31(6)52-43/h10-18,27-33,36-37,39-43,47,49-50H,9,19-26H2,1-8H3/b15-13+,18-14+/t27?,28?,29-,30+,31?,32+,33-,36-,37-,39?,40?,41?,42-,43?/m1/s1. The van der Waals surface area contributed by atoms with Gasteiger partial charge in [0, 0.05) is 30.8 Å². The molecule has 3 heterocycles. The number of para-hydroxylation sites is 1. The van der Waals surface area contributed by atoms with E-state index < -0.39 is 60.8 Å². The Hall–Kier alpha value is -2.64. The second kappa shape index (κ2) is 21.0. The van der Waals surface area contributed by atoms with Gasteiger partial charge in [0.15, 0.2) is 12.1 Å². The van der Waals surface area contributed by atoms with E-state index in [9.17, 15) is 24.9 Å². The van der Waals surface area contributed by atoms with Crippen LogP contribution in [0.5, 0.6) is 5.75 Å². The molecule has 0 amide bonds. The van der Waals surface area contributed by atoms with Crippen molar-refractivity contribution in [3.63, 3.8) is 0 Å². The molecule has 0 radical (unpaired) electrons. The molecule has 0 bridgehead atoms. The monoisotopic (exact) mass is 756 g/mol. The molecular formula is C43H68N2O9. The summed E-state index contributed by atoms with van der Waals surface area (Å²) in [6.45, 7) is 15.0. The average molecular weight is 757 g/mol. The molecule has 7 unspecified atom stereocenters. The average Bonchev–Trinajstić information content (AvgIpc) is 3.12. The summed E-state index contributed by atoms with van der Waals surface area (Å²) in [5, 5.41) is 34.3. The van der Waals surface area contributed by atoms with Crippen molar-refractivity contribution in [3.8, 4) is 5.75 Å². The number of esters is 1. The third-order valence-corrected chi connectivity index (χ3v) is 11.6. The topological polar surface area (TPSA) is 138 Å². The van der Waals surface area contributed by atoms with Crippen LogP contribution in [0.25, 0.3) is 0 Å². The van der Waals surface area contributed by atoms with Gasteiger partial charge < -0.3 is 44.1 Å². The lowest BCUT2D eigenvalue weighted by Gasteiger charge is -2.47. The molecule has 2 saturated heterocycles. The molecule has 304 valence electrons. The zero-order valence-corrected chi connectivity index (χ0v) is 33.8. The first-order chi connectivity index (χ1) is 25.7. The molecule has 54 heavy (non-hydrogen) atoms. The number of nitrogens with zero attached hydrogens (tertiary/aromatic N) is 2. The molecule has 3 N–H and O–H groups in total. The molecule has 0 aliphatic carbocycles. The number of piperidine rings is 1. The van der Waals surface area contributed by atoms with Gasteiger partial charge in [-0.15, -0.1) is 0 Å². The zero-order valence-electron chi connectivity index (χ0n) is 33.8. The Balaban J connectivity index is 1.67. The maximum absolute atomic E-state index is 13.7. The van der Waals surface area contributed by atoms with Gasteiger partial charge in [-0.2, -0.15) is 0 Å². The number of aliphatic hydroxyl groups is 3. The van der Waals surface area contributed by atoms with Crippen LogP contribution in [0.3, 0.4) is 0 Å². The molecule has 0 saturated carbocycles. The maximum Gasteiger partial charge on any atom is 0.308 e. The normalized spacial score (nSPS) is 39.2. The summed E-state index contributed by atoms with van der Waals surface area (Å²) in [7, 11) is 3.58. The zero-order chi connectivity index (χ0) is 39.5. The number of benzene rings is 1. The maximum atomic E-state index is 13.7. The van der Waals surface area contributed by atoms with Crippen molar-refractivity contribution in [2.24, 2.45) is 35.5 Å². The fraction of sp³-hybridized carbons (Fsp3) is 0.721. The Bertz CT molecular complexity index is 1350. The fourth-order valence-corrected chi connectivity index (χ4v) is 8.65. The number of allylic oxidation sites excluding steroid dienone is 3. The van der Waals surface area contributed by atoms with Gasteiger partial charge >= 0.3 is 5.97 Å². The summed E-state index contributed by atoms with van der Waals surface area (Å²) in [5.74, 6) is -0.267. The summed E-state index contributed by atoms with van der Waals surface area (Å²) in [6, 6.07) is 8.77. The number of carbonyl (C=O) groups excluding carboxylic acids is 2. The van der Waals surface area contributed by atoms with Crippen LogP contribution in [0.2, 0.25) is 0 Å². The predicted octanol–water partition coefficient (Wildman–Crippen LogP) is 4.88. The lowest BCUT2D eigenvalue weighted by atomic mass is 9.79. The van der Waals surface area contributed by atoms with E-state index in [0.717, 1.165) is 19.6 Å². The van der Waals surface area contributed by atoms with Gasteiger partial charge in [0.1, 0.15) is 18.0 Å². The van der Waals surface area contributed by atoms with Crippen molar-refractivity contribution in [3.05, 3.63) is 54.6 Å². The summed E-state index contributed by atoms with van der Waals surface area (Å²) in [4.78, 5) is 31.5. The van der Waals surface area contributed by atoms with Crippen LogP contribution in [0.1, 0.15) is 73.6 Å². The van der Waals surface area contributed by atoms with Gasteiger partial charge in [-0.25, -0.2) is 0 Å². The first-order valence-electron chi connectivity index (χ1n) is 20.2. The van der Waals surface area contributed by atoms with E-state index in [0.29, 0.717) is 36.8 Å². The summed E-state index contributed by atoms with van der Waals surface area (Å²) < 4.78 is 25.0. The molecule has 1 aromatic rings. The number of ketones is 1. The third kappa shape index (κ3) is 12.4. The number of rotatable bonds is 10. The molecule has 2 fully saturated rings. The Morgan fingerprint density at radius 3 is 2.26 bits per heavy atom. The highest BCUT2D eigenvalue weighted by Crippen LogP contribution is 2.35. The summed E-state index contributed by atoms with van der Waals surface area (Å²) in [5.41, 5.74) is 0. The van der Waals surface area contributed by atoms with E-state index in [1.54, 1.807) is 38.1 Å². The number of likely N-dealkylation sites (tertiary alicyclic amines) is 1. The Morgan fingerprint density at radius 1 is 0.926 bits per heavy atom. The summed E-state index contributed by atoms with van der Waals surface area (Å²) >= 11 is 0. The van der Waals surface area contributed by atoms with Gasteiger partial charge in [0.2, 0.25) is 0 Å². The Kier molecular flexibility index (Phi) is 17.2. The molecule has 11 heteroatoms. The quantitative estimate of drug-likeness (QED) is 0.282. The molecular weight excluding hydrogens is 688 g/mol. The van der Waals surface area contributed by atoms with E-state index in [1.165, 1.54) is 6.42 Å². The first kappa shape index (κ1) is 44.1. The molecule has 11 nitrogen and oxygen atoms in total. The minimum atomic E-state index is -1.19. The van der Waals surface area contributed by atoms with Gasteiger partial charge in [-0.1, -0.05) is 71.0 Å². The Morgan fingerprint density at radius 2 is 1.61 bits per heavy atom. The lowest BCUT2D eigenvalue weighted by Crippen LogP contribution is -2.63. The van der Waals surface area contributed by atoms with E-state index in [4.69, 9.17) is 18.9 Å². The highest BCUT2D eigenvalue weighted by molar-refractivity contribution is 5.91. The lowest BCUT2D eigenvalue weighted by molar-refractivity contribution is -0.304. The number of hydrogen-bond acceptors (Lipinski definition) is 11. The number of likely N-dealkylation sites (N-methyl/N-ethyl adjacent to an activating group) is 1. The van der Waals surface area contributed by atoms with Crippen LogP contribution in [0.15, 0.2) is 54.6 Å². The van der Waals surface area contributed by atoms with Crippen molar-refractivity contribution < 1.29 is 43.9 Å². The van der Waals surface area contributed by atoms with Crippen LogP contribution in [0.4, 0.5) is 0 Å². The van der Waals surface area contributed by atoms with Crippen molar-refractivity contribution in [2.75, 3.05) is 40.3 Å². The first-order valence-corrected chi connectivity index (χ1v) is 20.2. The van der Waals surface area contributed by atoms with Gasteiger partial charge in [-0.05, 0) is 89.2 Å². The number of aliphatic hydroxyl groups excluding tert-OH is 3. The molecule has 14 atom stereocenters. The van der Waals surface area contributed by atoms with E-state index in [-0.39, 0.29) is 36.6 Å². The van der Waals surface area contributed by atoms with Crippen LogP contribution in [-0.4, -0.2) is 126 Å². The largest absolute Gasteiger partial charge is 0.493 e. The number of ether oxygens (including phenoxy) is 4. The highest BCUT2D eigenvalue weighted by atomic mass is 16.7. The second-order valence-corrected chi connectivity index (χ2v) is 16.6. The molecule has 3 aliphatic rings. The molecule has 0 aromatic heterocycles. The third-order valence-electron chi connectivity index (χ3n) is 11.6. The van der Waals surface area contributed by atoms with Crippen molar-refractivity contribution >= 4 is 11.8 Å². The molecule has 3 aliphatic heterocycles. The fourth-order valence-electron chi connectivity index (χ4n) is 8.65.